The van der Waals surface area contributed by atoms with Crippen molar-refractivity contribution in [3.05, 3.63) is 33.3 Å². The number of fused-ring (bicyclic) bond motifs is 1. The number of nitrogens with zero attached hydrogens (tertiary/aromatic N) is 2. The number of rotatable bonds is 4. The van der Waals surface area contributed by atoms with E-state index < -0.39 is 30.9 Å². The van der Waals surface area contributed by atoms with Crippen molar-refractivity contribution in [3.63, 3.8) is 0 Å². The Kier molecular flexibility index (Phi) is 5.72. The van der Waals surface area contributed by atoms with E-state index in [2.05, 4.69) is 6.92 Å². The standard InChI is InChI=1S/C18H18Cl2N2O5/c1-10-3-2-4-21(7-10)15(23)9-27-16(24)8-22-17(25)11-5-13(19)14(20)6-12(11)18(22)26/h5-6,10H,2-4,7-9H2,1H3/t10-/m1/s1. The van der Waals surface area contributed by atoms with Crippen molar-refractivity contribution in [2.45, 2.75) is 19.8 Å². The molecule has 3 rings (SSSR count). The third-order valence-electron chi connectivity index (χ3n) is 4.67. The predicted octanol–water partition coefficient (Wildman–Crippen LogP) is 2.39. The summed E-state index contributed by atoms with van der Waals surface area (Å²) in [7, 11) is 0. The molecule has 0 radical (unpaired) electrons. The van der Waals surface area contributed by atoms with Gasteiger partial charge in [-0.05, 0) is 30.9 Å². The van der Waals surface area contributed by atoms with E-state index in [9.17, 15) is 19.2 Å². The largest absolute Gasteiger partial charge is 0.454 e. The van der Waals surface area contributed by atoms with E-state index in [0.29, 0.717) is 19.0 Å². The lowest BCUT2D eigenvalue weighted by Crippen LogP contribution is -2.42. The second-order valence-electron chi connectivity index (χ2n) is 6.76. The van der Waals surface area contributed by atoms with Gasteiger partial charge in [-0.25, -0.2) is 0 Å². The number of hydrogen-bond donors (Lipinski definition) is 0. The topological polar surface area (TPSA) is 84.0 Å². The van der Waals surface area contributed by atoms with E-state index in [4.69, 9.17) is 27.9 Å². The molecule has 0 spiro atoms. The van der Waals surface area contributed by atoms with E-state index >= 15 is 0 Å². The van der Waals surface area contributed by atoms with Crippen LogP contribution in [0.2, 0.25) is 10.0 Å². The van der Waals surface area contributed by atoms with Crippen LogP contribution in [0.15, 0.2) is 12.1 Å². The highest BCUT2D eigenvalue weighted by molar-refractivity contribution is 6.43. The fourth-order valence-electron chi connectivity index (χ4n) is 3.25. The summed E-state index contributed by atoms with van der Waals surface area (Å²) in [6.07, 6.45) is 1.98. The Labute approximate surface area is 166 Å². The molecule has 144 valence electrons. The molecule has 0 bridgehead atoms. The summed E-state index contributed by atoms with van der Waals surface area (Å²) in [4.78, 5) is 51.3. The minimum Gasteiger partial charge on any atom is -0.454 e. The van der Waals surface area contributed by atoms with Crippen LogP contribution >= 0.6 is 23.2 Å². The summed E-state index contributed by atoms with van der Waals surface area (Å²) in [5.41, 5.74) is 0.168. The molecule has 9 heteroatoms. The maximum Gasteiger partial charge on any atom is 0.326 e. The first-order valence-corrected chi connectivity index (χ1v) is 9.32. The van der Waals surface area contributed by atoms with E-state index in [1.54, 1.807) is 4.90 Å². The number of carbonyl (C=O) groups is 4. The van der Waals surface area contributed by atoms with E-state index in [1.165, 1.54) is 12.1 Å². The number of carbonyl (C=O) groups excluding carboxylic acids is 4. The van der Waals surface area contributed by atoms with Gasteiger partial charge in [0.1, 0.15) is 6.54 Å². The first-order valence-electron chi connectivity index (χ1n) is 8.56. The summed E-state index contributed by atoms with van der Waals surface area (Å²) >= 11 is 11.8. The highest BCUT2D eigenvalue weighted by Crippen LogP contribution is 2.31. The highest BCUT2D eigenvalue weighted by atomic mass is 35.5. The van der Waals surface area contributed by atoms with Crippen molar-refractivity contribution < 1.29 is 23.9 Å². The summed E-state index contributed by atoms with van der Waals surface area (Å²) in [6, 6.07) is 2.59. The molecule has 1 aromatic carbocycles. The minimum atomic E-state index is -0.833. The summed E-state index contributed by atoms with van der Waals surface area (Å²) in [5, 5.41) is 0.282. The van der Waals surface area contributed by atoms with Crippen LogP contribution < -0.4 is 0 Å². The Morgan fingerprint density at radius 2 is 1.74 bits per heavy atom. The molecule has 0 aliphatic carbocycles. The normalized spacial score (nSPS) is 19.3. The van der Waals surface area contributed by atoms with Gasteiger partial charge in [0.15, 0.2) is 6.61 Å². The third-order valence-corrected chi connectivity index (χ3v) is 5.39. The lowest BCUT2D eigenvalue weighted by molar-refractivity contribution is -0.152. The number of amides is 3. The van der Waals surface area contributed by atoms with Gasteiger partial charge in [-0.2, -0.15) is 0 Å². The number of hydrogen-bond acceptors (Lipinski definition) is 5. The molecule has 27 heavy (non-hydrogen) atoms. The zero-order valence-corrected chi connectivity index (χ0v) is 16.2. The van der Waals surface area contributed by atoms with Gasteiger partial charge < -0.3 is 9.64 Å². The molecule has 2 aliphatic heterocycles. The van der Waals surface area contributed by atoms with Crippen molar-refractivity contribution in [1.29, 1.82) is 0 Å². The number of halogens is 2. The van der Waals surface area contributed by atoms with Crippen molar-refractivity contribution in [2.24, 2.45) is 5.92 Å². The summed E-state index contributed by atoms with van der Waals surface area (Å²) in [6.45, 7) is 2.35. The molecule has 2 heterocycles. The molecule has 1 atom stereocenters. The Hall–Kier alpha value is -2.12. The van der Waals surface area contributed by atoms with E-state index in [-0.39, 0.29) is 27.1 Å². The monoisotopic (exact) mass is 412 g/mol. The van der Waals surface area contributed by atoms with Gasteiger partial charge in [0.25, 0.3) is 17.7 Å². The van der Waals surface area contributed by atoms with Gasteiger partial charge >= 0.3 is 5.97 Å². The van der Waals surface area contributed by atoms with Gasteiger partial charge in [0.05, 0.1) is 21.2 Å². The highest BCUT2D eigenvalue weighted by Gasteiger charge is 2.38. The van der Waals surface area contributed by atoms with Crippen LogP contribution in [-0.2, 0) is 14.3 Å². The Bertz CT molecular complexity index is 785. The van der Waals surface area contributed by atoms with Gasteiger partial charge in [-0.1, -0.05) is 30.1 Å². The van der Waals surface area contributed by atoms with Crippen molar-refractivity contribution in [3.8, 4) is 0 Å². The van der Waals surface area contributed by atoms with Gasteiger partial charge in [0.2, 0.25) is 0 Å². The second-order valence-corrected chi connectivity index (χ2v) is 7.57. The maximum atomic E-state index is 12.3. The quantitative estimate of drug-likeness (QED) is 0.559. The molecule has 0 N–H and O–H groups in total. The van der Waals surface area contributed by atoms with Gasteiger partial charge in [-0.3, -0.25) is 24.1 Å². The molecule has 0 unspecified atom stereocenters. The number of likely N-dealkylation sites (tertiary alicyclic amines) is 1. The fourth-order valence-corrected chi connectivity index (χ4v) is 3.58. The van der Waals surface area contributed by atoms with Crippen LogP contribution in [0.3, 0.4) is 0 Å². The van der Waals surface area contributed by atoms with E-state index in [0.717, 1.165) is 17.7 Å². The number of ether oxygens (including phenoxy) is 1. The summed E-state index contributed by atoms with van der Waals surface area (Å²) in [5.74, 6) is -2.00. The molecule has 1 aromatic rings. The molecule has 2 aliphatic rings. The zero-order valence-electron chi connectivity index (χ0n) is 14.7. The maximum absolute atomic E-state index is 12.3. The molecule has 1 fully saturated rings. The molecule has 0 aromatic heterocycles. The van der Waals surface area contributed by atoms with Gasteiger partial charge in [0, 0.05) is 13.1 Å². The van der Waals surface area contributed by atoms with Crippen LogP contribution in [0.4, 0.5) is 0 Å². The molecule has 3 amide bonds. The lowest BCUT2D eigenvalue weighted by atomic mass is 10.0. The smallest absolute Gasteiger partial charge is 0.326 e. The predicted molar refractivity (Wildman–Crippen MR) is 97.8 cm³/mol. The van der Waals surface area contributed by atoms with Crippen LogP contribution in [0.25, 0.3) is 0 Å². The number of imide groups is 1. The van der Waals surface area contributed by atoms with Crippen molar-refractivity contribution in [1.82, 2.24) is 9.80 Å². The van der Waals surface area contributed by atoms with E-state index in [1.807, 2.05) is 0 Å². The average Bonchev–Trinajstić information content (AvgIpc) is 2.85. The Morgan fingerprint density at radius 3 is 2.30 bits per heavy atom. The first kappa shape index (κ1) is 19.6. The van der Waals surface area contributed by atoms with Crippen LogP contribution in [0.5, 0.6) is 0 Å². The molecule has 7 nitrogen and oxygen atoms in total. The second kappa shape index (κ2) is 7.86. The molecule has 1 saturated heterocycles. The Balaban J connectivity index is 1.58. The average molecular weight is 413 g/mol. The van der Waals surface area contributed by atoms with Crippen molar-refractivity contribution >= 4 is 46.9 Å². The Morgan fingerprint density at radius 1 is 1.15 bits per heavy atom. The number of benzene rings is 1. The molecular formula is C18H18Cl2N2O5. The number of esters is 1. The fraction of sp³-hybridized carbons (Fsp3) is 0.444. The van der Waals surface area contributed by atoms with Crippen LogP contribution in [-0.4, -0.2) is 59.7 Å². The number of piperidine rings is 1. The summed E-state index contributed by atoms with van der Waals surface area (Å²) < 4.78 is 4.97. The lowest BCUT2D eigenvalue weighted by Gasteiger charge is -2.30. The van der Waals surface area contributed by atoms with Crippen LogP contribution in [0.1, 0.15) is 40.5 Å². The zero-order chi connectivity index (χ0) is 19.7. The van der Waals surface area contributed by atoms with Gasteiger partial charge in [-0.15, -0.1) is 0 Å². The molecular weight excluding hydrogens is 395 g/mol. The van der Waals surface area contributed by atoms with Crippen molar-refractivity contribution in [2.75, 3.05) is 26.2 Å². The first-order chi connectivity index (χ1) is 12.8. The minimum absolute atomic E-state index is 0.0839. The third kappa shape index (κ3) is 4.09. The molecule has 0 saturated carbocycles. The van der Waals surface area contributed by atoms with Crippen LogP contribution in [0, 0.1) is 5.92 Å². The SMILES string of the molecule is C[C@@H]1CCCN(C(=O)COC(=O)CN2C(=O)c3cc(Cl)c(Cl)cc3C2=O)C1.